The van der Waals surface area contributed by atoms with E-state index in [4.69, 9.17) is 0 Å². The van der Waals surface area contributed by atoms with Crippen molar-refractivity contribution in [3.05, 3.63) is 41.5 Å². The molecule has 0 unspecified atom stereocenters. The number of hydrogen-bond acceptors (Lipinski definition) is 8. The van der Waals surface area contributed by atoms with Gasteiger partial charge in [0, 0.05) is 47.2 Å². The topological polar surface area (TPSA) is 116 Å². The van der Waals surface area contributed by atoms with Crippen molar-refractivity contribution in [2.45, 2.75) is 148 Å². The van der Waals surface area contributed by atoms with E-state index in [9.17, 15) is 25.2 Å². The minimum atomic E-state index is -1.17. The fraction of sp³-hybridized carbons (Fsp3) is 0.810. The van der Waals surface area contributed by atoms with E-state index in [-0.39, 0.29) is 59.2 Å². The van der Waals surface area contributed by atoms with Gasteiger partial charge in [0.25, 0.3) is 0 Å². The van der Waals surface area contributed by atoms with Crippen molar-refractivity contribution in [2.24, 2.45) is 51.8 Å². The summed E-state index contributed by atoms with van der Waals surface area (Å²) < 4.78 is 2.28. The van der Waals surface area contributed by atoms with Gasteiger partial charge >= 0.3 is 0 Å². The predicted molar refractivity (Wildman–Crippen MR) is 205 cm³/mol. The van der Waals surface area contributed by atoms with Crippen LogP contribution in [-0.4, -0.2) is 71.2 Å². The Labute approximate surface area is 313 Å². The van der Waals surface area contributed by atoms with Crippen molar-refractivity contribution >= 4 is 27.4 Å². The van der Waals surface area contributed by atoms with Gasteiger partial charge in [-0.2, -0.15) is 0 Å². The molecular formula is C42H62N2O5S2. The van der Waals surface area contributed by atoms with E-state index in [0.29, 0.717) is 12.8 Å². The highest BCUT2D eigenvalue weighted by Crippen LogP contribution is 2.73. The first-order valence-electron chi connectivity index (χ1n) is 20.2. The molecule has 6 aliphatic carbocycles. The molecule has 0 spiro atoms. The third-order valence-electron chi connectivity index (χ3n) is 16.2. The Morgan fingerprint density at radius 2 is 1.61 bits per heavy atom. The molecule has 2 bridgehead atoms. The number of aliphatic hydroxyl groups excluding tert-OH is 3. The van der Waals surface area contributed by atoms with Gasteiger partial charge in [0.05, 0.1) is 30.2 Å². The Balaban J connectivity index is 1.23. The molecule has 282 valence electrons. The van der Waals surface area contributed by atoms with Crippen LogP contribution in [0.3, 0.4) is 0 Å². The van der Waals surface area contributed by atoms with E-state index >= 15 is 0 Å². The maximum Gasteiger partial charge on any atom is 0.159 e. The van der Waals surface area contributed by atoms with Crippen LogP contribution < -0.4 is 0 Å². The van der Waals surface area contributed by atoms with Gasteiger partial charge in [-0.05, 0) is 123 Å². The van der Waals surface area contributed by atoms with Gasteiger partial charge in [-0.3, -0.25) is 4.79 Å². The van der Waals surface area contributed by atoms with Crippen LogP contribution in [0.4, 0.5) is 0 Å². The van der Waals surface area contributed by atoms with E-state index in [1.54, 1.807) is 5.57 Å². The summed E-state index contributed by atoms with van der Waals surface area (Å²) in [5.41, 5.74) is 1.76. The smallest absolute Gasteiger partial charge is 0.159 e. The Morgan fingerprint density at radius 3 is 2.35 bits per heavy atom. The highest BCUT2D eigenvalue weighted by Gasteiger charge is 2.73. The summed E-state index contributed by atoms with van der Waals surface area (Å²) in [5, 5.41) is 48.2. The number of ketones is 1. The number of aliphatic hydroxyl groups is 4. The molecule has 7 aliphatic rings. The summed E-state index contributed by atoms with van der Waals surface area (Å²) in [6.45, 7) is 9.35. The van der Waals surface area contributed by atoms with Crippen LogP contribution in [0.5, 0.6) is 0 Å². The molecule has 13 atom stereocenters. The fourth-order valence-electron chi connectivity index (χ4n) is 13.6. The molecule has 0 radical (unpaired) electrons. The van der Waals surface area contributed by atoms with E-state index in [1.807, 2.05) is 40.2 Å². The lowest BCUT2D eigenvalue weighted by atomic mass is 9.42. The lowest BCUT2D eigenvalue weighted by molar-refractivity contribution is -0.172. The summed E-state index contributed by atoms with van der Waals surface area (Å²) in [6, 6.07) is 0.255. The maximum atomic E-state index is 14.1. The molecular weight excluding hydrogens is 677 g/mol. The Morgan fingerprint density at radius 1 is 0.843 bits per heavy atom. The van der Waals surface area contributed by atoms with Crippen molar-refractivity contribution in [1.29, 1.82) is 0 Å². The molecule has 0 amide bonds. The average Bonchev–Trinajstić information content (AvgIpc) is 3.67. The number of aromatic nitrogens is 2. The van der Waals surface area contributed by atoms with Crippen LogP contribution in [0.15, 0.2) is 41.5 Å². The van der Waals surface area contributed by atoms with Crippen molar-refractivity contribution < 1.29 is 25.2 Å². The third kappa shape index (κ3) is 5.82. The number of nitrogens with zero attached hydrogens (tertiary/aromatic N) is 2. The van der Waals surface area contributed by atoms with Gasteiger partial charge < -0.3 is 25.0 Å². The first kappa shape index (κ1) is 36.9. The van der Waals surface area contributed by atoms with Gasteiger partial charge in [0.2, 0.25) is 0 Å². The van der Waals surface area contributed by atoms with E-state index in [2.05, 4.69) is 43.4 Å². The first-order chi connectivity index (χ1) is 24.3. The number of rotatable bonds is 1. The van der Waals surface area contributed by atoms with E-state index in [0.717, 1.165) is 68.4 Å². The first-order valence-corrected chi connectivity index (χ1v) is 22.7. The number of hydrogen-bond donors (Lipinski definition) is 4. The van der Waals surface area contributed by atoms with Crippen molar-refractivity contribution in [2.75, 3.05) is 11.5 Å². The zero-order valence-electron chi connectivity index (χ0n) is 31.3. The van der Waals surface area contributed by atoms with Crippen LogP contribution >= 0.6 is 21.6 Å². The molecule has 4 N–H and O–H groups in total. The highest BCUT2D eigenvalue weighted by molar-refractivity contribution is 8.76. The molecule has 7 nitrogen and oxygen atoms in total. The largest absolute Gasteiger partial charge is 0.392 e. The lowest BCUT2D eigenvalue weighted by Crippen LogP contribution is -2.65. The normalized spacial score (nSPS) is 47.5. The zero-order valence-corrected chi connectivity index (χ0v) is 32.9. The number of fused-ring (bicyclic) bond motifs is 6. The number of allylic oxidation sites excluding steroid dienone is 2. The van der Waals surface area contributed by atoms with Crippen molar-refractivity contribution in [1.82, 2.24) is 9.55 Å². The second-order valence-electron chi connectivity index (χ2n) is 19.0. The predicted octanol–water partition coefficient (Wildman–Crippen LogP) is 7.70. The Bertz CT molecular complexity index is 1530. The molecule has 9 heteroatoms. The van der Waals surface area contributed by atoms with Gasteiger partial charge in [-0.25, -0.2) is 4.98 Å². The van der Waals surface area contributed by atoms with Crippen LogP contribution in [-0.2, 0) is 4.79 Å². The summed E-state index contributed by atoms with van der Waals surface area (Å²) in [4.78, 5) is 18.6. The monoisotopic (exact) mass is 738 g/mol. The molecule has 1 aromatic rings. The molecule has 1 saturated heterocycles. The van der Waals surface area contributed by atoms with Crippen molar-refractivity contribution in [3.8, 4) is 0 Å². The summed E-state index contributed by atoms with van der Waals surface area (Å²) in [7, 11) is 3.79. The van der Waals surface area contributed by atoms with E-state index < -0.39 is 34.7 Å². The van der Waals surface area contributed by atoms with Gasteiger partial charge in [0.1, 0.15) is 0 Å². The number of carbonyl (C=O) groups excluding carboxylic acids is 1. The van der Waals surface area contributed by atoms with Crippen LogP contribution in [0, 0.1) is 51.8 Å². The molecule has 0 aromatic carbocycles. The van der Waals surface area contributed by atoms with Crippen LogP contribution in [0.2, 0.25) is 0 Å². The molecule has 1 aliphatic heterocycles. The van der Waals surface area contributed by atoms with Crippen LogP contribution in [0.1, 0.15) is 124 Å². The fourth-order valence-corrected chi connectivity index (χ4v) is 16.3. The Hall–Kier alpha value is -1.10. The number of carbonyl (C=O) groups is 1. The van der Waals surface area contributed by atoms with Gasteiger partial charge in [0.15, 0.2) is 5.78 Å². The minimum Gasteiger partial charge on any atom is -0.392 e. The number of imidazole rings is 1. The zero-order chi connectivity index (χ0) is 35.9. The SMILES string of the molecule is CC1(C)C[C@H](n2ccnc2)CSSC[C@@H]2C[C@@H]3[C@H](CCC[C@@H]4C[C@H]5C(=CC(=O)[C@@H]6C[C@@H](O)[C@@H](O)C[C@@]65C)[C@@]2(O)[C@]43C)[C@H](O)CC1=C1CCCCC1. The minimum absolute atomic E-state index is 0.0121. The van der Waals surface area contributed by atoms with E-state index in [1.165, 1.54) is 24.8 Å². The molecule has 8 rings (SSSR count). The van der Waals surface area contributed by atoms with Crippen LogP contribution in [0.25, 0.3) is 0 Å². The Kier molecular flexibility index (Phi) is 9.81. The van der Waals surface area contributed by atoms with Gasteiger partial charge in [-0.1, -0.05) is 73.3 Å². The maximum absolute atomic E-state index is 14.1. The standard InChI is InChI=1S/C42H62N2O5S2/c1-39(2)20-28(44-14-13-43-24-44)23-51-50-22-27-16-31-29(35(45)17-30(39)25-9-6-5-7-10-25)12-8-11-26-15-32-33(42(27,49)41(26,31)4)18-36(46)34-19-37(47)38(48)21-40(32,34)3/h13-14,18,24,26-29,31-32,34-35,37-38,45,47-49H,5-12,15-17,19-23H2,1-4H3/t26-,27+,28+,29+,31-,32+,34+,35-,37-,38+,40-,41-,42-/m1/s1. The molecule has 6 fully saturated rings. The highest BCUT2D eigenvalue weighted by atomic mass is 33.1. The summed E-state index contributed by atoms with van der Waals surface area (Å²) in [6.07, 6.45) is 18.7. The quantitative estimate of drug-likeness (QED) is 0.171. The molecule has 2 heterocycles. The molecule has 51 heavy (non-hydrogen) atoms. The lowest BCUT2D eigenvalue weighted by Gasteiger charge is -2.63. The molecule has 1 aromatic heterocycles. The molecule has 5 saturated carbocycles. The second kappa shape index (κ2) is 13.6. The third-order valence-corrected chi connectivity index (χ3v) is 18.8. The summed E-state index contributed by atoms with van der Waals surface area (Å²) >= 11 is 0. The van der Waals surface area contributed by atoms with Gasteiger partial charge in [-0.15, -0.1) is 0 Å². The average molecular weight is 739 g/mol. The summed E-state index contributed by atoms with van der Waals surface area (Å²) in [5.74, 6) is 1.85. The van der Waals surface area contributed by atoms with Crippen molar-refractivity contribution in [3.63, 3.8) is 0 Å². The second-order valence-corrected chi connectivity index (χ2v) is 21.6.